The molecule has 31 nitrogen and oxygen atoms in total. The van der Waals surface area contributed by atoms with Crippen molar-refractivity contribution in [3.8, 4) is 0 Å². The molecule has 5 aliphatic heterocycles. The van der Waals surface area contributed by atoms with Crippen molar-refractivity contribution >= 4 is 17.7 Å². The van der Waals surface area contributed by atoms with Crippen molar-refractivity contribution in [1.29, 1.82) is 0 Å². The Morgan fingerprint density at radius 3 is 1.10 bits per heavy atom. The minimum Gasteiger partial charge on any atom is -0.394 e. The largest absolute Gasteiger partial charge is 0.394 e. The third-order valence-electron chi connectivity index (χ3n) is 20.6. The van der Waals surface area contributed by atoms with Gasteiger partial charge in [-0.2, -0.15) is 0 Å². The van der Waals surface area contributed by atoms with Gasteiger partial charge < -0.3 is 140 Å². The van der Waals surface area contributed by atoms with Crippen molar-refractivity contribution in [2.45, 2.75) is 399 Å². The van der Waals surface area contributed by atoms with Crippen LogP contribution in [0.5, 0.6) is 0 Å². The zero-order valence-electron chi connectivity index (χ0n) is 62.6. The second kappa shape index (κ2) is 51.7. The van der Waals surface area contributed by atoms with Gasteiger partial charge >= 0.3 is 0 Å². The van der Waals surface area contributed by atoms with Crippen LogP contribution in [0.3, 0.4) is 0 Å². The summed E-state index contributed by atoms with van der Waals surface area (Å²) in [5.41, 5.74) is 0. The SMILES string of the molecule is CCCCCCCCCCCCC/C=C/[C@@H](O)[C@H](CO[C@@H]1OC(CO)[C@@H](O[C@@H]2OC(CO)[C@H](O)[C@H](O[C@@H]3OC(CO)[C@@H](O[C@@H]4OC(CO)[C@H](O)[C@H](O[C@@H]5OC(CO)[C@H](O)[C@H](O)C5NC(C)=O)C4O)[C@H](O)C3NC(C)=O)C2O)[C@H](O)C1O)NC(=O)CCCCCCCCCCCCCCCCCCCCC. The van der Waals surface area contributed by atoms with Gasteiger partial charge in [-0.1, -0.05) is 206 Å². The molecule has 5 fully saturated rings. The zero-order valence-corrected chi connectivity index (χ0v) is 62.6. The lowest BCUT2D eigenvalue weighted by Gasteiger charge is -2.50. The van der Waals surface area contributed by atoms with Crippen LogP contribution < -0.4 is 16.0 Å². The molecule has 614 valence electrons. The predicted octanol–water partition coefficient (Wildman–Crippen LogP) is 1.31. The van der Waals surface area contributed by atoms with E-state index in [1.807, 2.05) is 6.08 Å². The number of carbonyl (C=O) groups is 3. The minimum atomic E-state index is -2.16. The van der Waals surface area contributed by atoms with Crippen LogP contribution in [0, 0.1) is 0 Å². The predicted molar refractivity (Wildman–Crippen MR) is 380 cm³/mol. The van der Waals surface area contributed by atoms with E-state index in [2.05, 4.69) is 29.8 Å². The van der Waals surface area contributed by atoms with Crippen LogP contribution in [0.25, 0.3) is 0 Å². The number of amides is 3. The molecule has 5 aliphatic rings. The standard InChI is InChI=1S/C74H135N3O28/c1-5-7-9-11-13-15-17-19-20-21-22-23-24-26-28-30-32-34-36-38-54(86)77-47(48(85)37-35-33-31-29-27-25-18-16-14-12-10-8-6-2)44-96-72-63(93)62(92)67(53(43-82)101-72)103-74-65(95)69(59(89)51(41-80)99-74)105-71-56(76-46(4)84)61(91)66(52(42-81)100-71)102-73-64(94)68(58(88)50(40-79)98-73)104-70-55(75-45(3)83)60(90)57(87)49(39-78)97-70/h35,37,47-53,55-74,78-82,85,87-95H,5-34,36,38-44H2,1-4H3,(H,75,83)(H,76,84)(H,77,86)/b37-35+/t47-,48+,49?,50?,51?,52?,53?,55?,56?,57-,58-,59-,60+,61+,62+,63?,64?,65?,66+,67+,68-,69-,70-,71-,72+,73-,74-/m0/s1. The molecule has 3 amide bonds. The summed E-state index contributed by atoms with van der Waals surface area (Å²) in [6.07, 6.45) is -3.73. The Hall–Kier alpha value is -2.85. The lowest BCUT2D eigenvalue weighted by molar-refractivity contribution is -0.385. The molecule has 5 rings (SSSR count). The van der Waals surface area contributed by atoms with Gasteiger partial charge in [-0.3, -0.25) is 14.4 Å². The lowest BCUT2D eigenvalue weighted by atomic mass is 9.94. The molecule has 0 bridgehead atoms. The molecule has 0 saturated carbocycles. The molecule has 0 spiro atoms. The Balaban J connectivity index is 1.20. The summed E-state index contributed by atoms with van der Waals surface area (Å²) < 4.78 is 59.0. The van der Waals surface area contributed by atoms with Gasteiger partial charge in [0.15, 0.2) is 31.5 Å². The van der Waals surface area contributed by atoms with Crippen LogP contribution >= 0.6 is 0 Å². The zero-order chi connectivity index (χ0) is 76.8. The smallest absolute Gasteiger partial charge is 0.220 e. The normalized spacial score (nSPS) is 34.4. The molecule has 18 N–H and O–H groups in total. The summed E-state index contributed by atoms with van der Waals surface area (Å²) >= 11 is 0. The van der Waals surface area contributed by atoms with Crippen molar-refractivity contribution < 1.29 is 138 Å². The van der Waals surface area contributed by atoms with Gasteiger partial charge in [-0.15, -0.1) is 0 Å². The Morgan fingerprint density at radius 2 is 0.705 bits per heavy atom. The third kappa shape index (κ3) is 30.6. The maximum absolute atomic E-state index is 13.5. The number of hydrogen-bond acceptors (Lipinski definition) is 28. The number of hydrogen-bond donors (Lipinski definition) is 18. The number of unbranched alkanes of at least 4 members (excludes halogenated alkanes) is 29. The van der Waals surface area contributed by atoms with Crippen LogP contribution in [-0.2, 0) is 61.8 Å². The molecule has 0 aromatic carbocycles. The van der Waals surface area contributed by atoms with Crippen LogP contribution in [0.2, 0.25) is 0 Å². The highest BCUT2D eigenvalue weighted by Crippen LogP contribution is 2.37. The summed E-state index contributed by atoms with van der Waals surface area (Å²) in [4.78, 5) is 38.5. The van der Waals surface area contributed by atoms with Gasteiger partial charge in [0, 0.05) is 20.3 Å². The Labute approximate surface area is 620 Å². The first-order chi connectivity index (χ1) is 50.6. The summed E-state index contributed by atoms with van der Waals surface area (Å²) in [6.45, 7) is 1.40. The monoisotopic (exact) mass is 1510 g/mol. The van der Waals surface area contributed by atoms with Gasteiger partial charge in [0.1, 0.15) is 122 Å². The number of ether oxygens (including phenoxy) is 10. The van der Waals surface area contributed by atoms with Gasteiger partial charge in [0.05, 0.1) is 51.8 Å². The second-order valence-electron chi connectivity index (χ2n) is 29.3. The second-order valence-corrected chi connectivity index (χ2v) is 29.3. The van der Waals surface area contributed by atoms with Gasteiger partial charge in [-0.25, -0.2) is 0 Å². The number of nitrogens with one attached hydrogen (secondary N) is 3. The van der Waals surface area contributed by atoms with Crippen molar-refractivity contribution in [2.75, 3.05) is 39.6 Å². The first kappa shape index (κ1) is 92.8. The number of aliphatic hydroxyl groups excluding tert-OH is 15. The Bertz CT molecular complexity index is 2340. The molecular formula is C74H135N3O28. The molecule has 27 atom stereocenters. The topological polar surface area (TPSA) is 483 Å². The number of aliphatic hydroxyl groups is 15. The third-order valence-corrected chi connectivity index (χ3v) is 20.6. The minimum absolute atomic E-state index is 0.191. The van der Waals surface area contributed by atoms with Crippen LogP contribution in [0.4, 0.5) is 0 Å². The van der Waals surface area contributed by atoms with E-state index in [1.165, 1.54) is 135 Å². The van der Waals surface area contributed by atoms with E-state index in [4.69, 9.17) is 47.4 Å². The van der Waals surface area contributed by atoms with E-state index in [-0.39, 0.29) is 12.3 Å². The fourth-order valence-corrected chi connectivity index (χ4v) is 14.3. The molecule has 5 heterocycles. The van der Waals surface area contributed by atoms with E-state index in [0.29, 0.717) is 12.8 Å². The van der Waals surface area contributed by atoms with E-state index >= 15 is 0 Å². The highest BCUT2D eigenvalue weighted by atomic mass is 16.8. The molecule has 10 unspecified atom stereocenters. The Kier molecular flexibility index (Phi) is 45.6. The molecular weight excluding hydrogens is 1380 g/mol. The fourth-order valence-electron chi connectivity index (χ4n) is 14.3. The van der Waals surface area contributed by atoms with Crippen LogP contribution in [-0.4, -0.2) is 300 Å². The van der Waals surface area contributed by atoms with Crippen LogP contribution in [0.15, 0.2) is 12.2 Å². The van der Waals surface area contributed by atoms with Crippen molar-refractivity contribution in [1.82, 2.24) is 16.0 Å². The molecule has 5 saturated heterocycles. The fraction of sp³-hybridized carbons (Fsp3) is 0.932. The first-order valence-corrected chi connectivity index (χ1v) is 39.5. The lowest BCUT2D eigenvalue weighted by Crippen LogP contribution is -2.70. The highest BCUT2D eigenvalue weighted by Gasteiger charge is 2.57. The highest BCUT2D eigenvalue weighted by molar-refractivity contribution is 5.76. The summed E-state index contributed by atoms with van der Waals surface area (Å²) in [6, 6.07) is -4.39. The molecule has 31 heteroatoms. The average Bonchev–Trinajstić information content (AvgIpc) is 0.773. The molecule has 0 aliphatic carbocycles. The summed E-state index contributed by atoms with van der Waals surface area (Å²) in [5, 5.41) is 175. The van der Waals surface area contributed by atoms with E-state index in [0.717, 1.165) is 65.2 Å². The maximum Gasteiger partial charge on any atom is 0.220 e. The Morgan fingerprint density at radius 1 is 0.371 bits per heavy atom. The van der Waals surface area contributed by atoms with Gasteiger partial charge in [0.25, 0.3) is 0 Å². The van der Waals surface area contributed by atoms with Crippen molar-refractivity contribution in [3.63, 3.8) is 0 Å². The number of carbonyl (C=O) groups excluding carboxylic acids is 3. The van der Waals surface area contributed by atoms with Gasteiger partial charge in [-0.05, 0) is 19.3 Å². The van der Waals surface area contributed by atoms with E-state index < -0.39 is 217 Å². The quantitative estimate of drug-likeness (QED) is 0.0301. The average molecular weight is 1510 g/mol. The number of allylic oxidation sites excluding steroid dienone is 1. The number of rotatable bonds is 53. The first-order valence-electron chi connectivity index (χ1n) is 39.5. The summed E-state index contributed by atoms with van der Waals surface area (Å²) in [5.74, 6) is -1.89. The van der Waals surface area contributed by atoms with E-state index in [9.17, 15) is 91.0 Å². The van der Waals surface area contributed by atoms with Crippen molar-refractivity contribution in [2.24, 2.45) is 0 Å². The maximum atomic E-state index is 13.5. The van der Waals surface area contributed by atoms with Gasteiger partial charge in [0.2, 0.25) is 17.7 Å². The molecule has 0 radical (unpaired) electrons. The van der Waals surface area contributed by atoms with Crippen LogP contribution in [0.1, 0.15) is 233 Å². The summed E-state index contributed by atoms with van der Waals surface area (Å²) in [7, 11) is 0. The molecule has 105 heavy (non-hydrogen) atoms. The molecule has 0 aromatic rings. The van der Waals surface area contributed by atoms with Crippen molar-refractivity contribution in [3.05, 3.63) is 12.2 Å². The van der Waals surface area contributed by atoms with E-state index in [1.54, 1.807) is 6.08 Å². The molecule has 0 aromatic heterocycles.